The minimum absolute atomic E-state index is 0. The maximum absolute atomic E-state index is 5.25. The second-order valence-corrected chi connectivity index (χ2v) is 20.8. The van der Waals surface area contributed by atoms with Crippen molar-refractivity contribution in [2.45, 2.75) is 39.5 Å². The van der Waals surface area contributed by atoms with Crippen LogP contribution in [0.25, 0.3) is 109 Å². The molecule has 0 fully saturated rings. The number of para-hydroxylation sites is 4. The third-order valence-corrected chi connectivity index (χ3v) is 15.4. The van der Waals surface area contributed by atoms with E-state index in [9.17, 15) is 0 Å². The van der Waals surface area contributed by atoms with Gasteiger partial charge in [0, 0.05) is 139 Å². The molecule has 0 amide bonds. The fourth-order valence-corrected chi connectivity index (χ4v) is 11.5. The largest absolute Gasteiger partial charge is 0.480 e. The normalized spacial score (nSPS) is 11.1. The summed E-state index contributed by atoms with van der Waals surface area (Å²) in [6, 6.07) is 82.1. The Labute approximate surface area is 551 Å². The van der Waals surface area contributed by atoms with Crippen LogP contribution in [0.4, 0.5) is 0 Å². The van der Waals surface area contributed by atoms with Gasteiger partial charge >= 0.3 is 0 Å². The van der Waals surface area contributed by atoms with Crippen LogP contribution in [0, 0.1) is 24.3 Å². The minimum atomic E-state index is 0. The molecule has 9 nitrogen and oxygen atoms in total. The van der Waals surface area contributed by atoms with Crippen molar-refractivity contribution in [2.75, 3.05) is 7.11 Å². The van der Waals surface area contributed by atoms with E-state index >= 15 is 0 Å². The molecule has 432 valence electrons. The third kappa shape index (κ3) is 11.2. The van der Waals surface area contributed by atoms with Crippen LogP contribution < -0.4 is 4.74 Å². The summed E-state index contributed by atoms with van der Waals surface area (Å²) in [6.07, 6.45) is 10.2. The van der Waals surface area contributed by atoms with Crippen LogP contribution in [0.5, 0.6) is 5.88 Å². The summed E-state index contributed by atoms with van der Waals surface area (Å²) in [5.41, 5.74) is 13.2. The average Bonchev–Trinajstić information content (AvgIpc) is 1.62. The number of hydrogen-bond acceptors (Lipinski definition) is 5. The molecule has 0 aliphatic heterocycles. The Morgan fingerprint density at radius 1 is 0.372 bits per heavy atom. The van der Waals surface area contributed by atoms with Crippen molar-refractivity contribution >= 4 is 109 Å². The molecule has 0 saturated heterocycles. The van der Waals surface area contributed by atoms with Crippen molar-refractivity contribution in [3.05, 3.63) is 272 Å². The topological polar surface area (TPSA) is 78.4 Å². The molecule has 0 aliphatic carbocycles. The van der Waals surface area contributed by atoms with E-state index in [0.29, 0.717) is 11.8 Å². The Balaban J connectivity index is 0.000000126. The molecule has 0 unspecified atom stereocenters. The van der Waals surface area contributed by atoms with E-state index in [-0.39, 0.29) is 80.4 Å². The molecule has 0 aliphatic rings. The van der Waals surface area contributed by atoms with E-state index in [4.69, 9.17) is 19.7 Å². The second kappa shape index (κ2) is 26.5. The van der Waals surface area contributed by atoms with Gasteiger partial charge in [-0.2, -0.15) is 0 Å². The van der Waals surface area contributed by atoms with Crippen LogP contribution in [0.1, 0.15) is 49.3 Å². The zero-order chi connectivity index (χ0) is 55.3. The number of aromatic nitrogens is 8. The van der Waals surface area contributed by atoms with E-state index in [2.05, 4.69) is 226 Å². The molecule has 86 heavy (non-hydrogen) atoms. The molecule has 9 aromatic carbocycles. The molecule has 0 spiro atoms. The van der Waals surface area contributed by atoms with E-state index in [0.717, 1.165) is 79.6 Å². The van der Waals surface area contributed by atoms with Gasteiger partial charge in [0.05, 0.1) is 41.6 Å². The van der Waals surface area contributed by atoms with Crippen LogP contribution >= 0.6 is 0 Å². The summed E-state index contributed by atoms with van der Waals surface area (Å²) in [6.45, 7) is 6.49. The first-order valence-corrected chi connectivity index (χ1v) is 27.8. The van der Waals surface area contributed by atoms with Crippen LogP contribution in [-0.2, 0) is 93.3 Å². The SMILES string of the molecule is CC(C)c1cn2c3ccccc3c3ccc[c-]c3c2n1.CCc1cn2c3ccccc3c3ccc[c-]c3c2n1.COc1cn2c3ccccc3c3ccc[c-]c3c2n1.[Ir].[Ir].[Ir].[Ir].[c-]1cccc2c1c1nc(Cc3ccccc3)cn1c1ccccc21. The maximum Gasteiger partial charge on any atom is 0.221 e. The third-order valence-electron chi connectivity index (χ3n) is 15.4. The summed E-state index contributed by atoms with van der Waals surface area (Å²) in [7, 11) is 1.63. The van der Waals surface area contributed by atoms with Crippen molar-refractivity contribution < 1.29 is 85.2 Å². The number of benzene rings is 9. The Kier molecular flexibility index (Phi) is 18.9. The Hall–Kier alpha value is -7.78. The maximum atomic E-state index is 5.25. The summed E-state index contributed by atoms with van der Waals surface area (Å²) in [5.74, 6) is 1.04. The number of imidazole rings is 4. The fourth-order valence-electron chi connectivity index (χ4n) is 11.5. The molecule has 0 N–H and O–H groups in total. The van der Waals surface area contributed by atoms with Gasteiger partial charge in [-0.1, -0.05) is 145 Å². The fraction of sp³-hybridized carbons (Fsp3) is 0.0959. The molecule has 8 aromatic heterocycles. The molecule has 17 aromatic rings. The molecule has 17 rings (SSSR count). The van der Waals surface area contributed by atoms with Crippen LogP contribution in [0.3, 0.4) is 0 Å². The molecule has 13 heteroatoms. The number of ether oxygens (including phenoxy) is 1. The van der Waals surface area contributed by atoms with Gasteiger partial charge in [-0.15, -0.1) is 119 Å². The van der Waals surface area contributed by atoms with Crippen LogP contribution in [0.15, 0.2) is 225 Å². The number of methoxy groups -OCH3 is 1. The van der Waals surface area contributed by atoms with E-state index < -0.39 is 0 Å². The van der Waals surface area contributed by atoms with Gasteiger partial charge in [0.1, 0.15) is 0 Å². The quantitative estimate of drug-likeness (QED) is 0.127. The number of fused-ring (bicyclic) bond motifs is 24. The number of aryl methyl sites for hydroxylation is 1. The molecule has 0 saturated carbocycles. The van der Waals surface area contributed by atoms with Crippen molar-refractivity contribution in [2.24, 2.45) is 0 Å². The smallest absolute Gasteiger partial charge is 0.221 e. The van der Waals surface area contributed by atoms with Gasteiger partial charge in [0.25, 0.3) is 0 Å². The Morgan fingerprint density at radius 2 is 0.709 bits per heavy atom. The van der Waals surface area contributed by atoms with Gasteiger partial charge in [0.15, 0.2) is 0 Å². The first kappa shape index (κ1) is 61.3. The molecular formula is C73H54Ir4N8O-4. The summed E-state index contributed by atoms with van der Waals surface area (Å²) >= 11 is 0. The van der Waals surface area contributed by atoms with Crippen molar-refractivity contribution in [1.82, 2.24) is 37.5 Å². The Bertz CT molecular complexity index is 4800. The van der Waals surface area contributed by atoms with Gasteiger partial charge in [-0.25, -0.2) is 4.98 Å². The van der Waals surface area contributed by atoms with Gasteiger partial charge in [0.2, 0.25) is 5.88 Å². The standard InChI is InChI=1S/C22H15N2.C18H15N2.C17H13N2.C16H11N2O.4Ir/c1-2-8-16(9-3-1)14-17-15-24-21-13-7-6-11-19(21)18-10-4-5-12-20(18)22(24)23-17;1-12(2)16-11-20-17-10-6-5-8-14(17)13-7-3-4-9-15(13)18(20)19-16;1-2-12-11-19-16-10-6-5-8-14(16)13-7-3-4-9-15(13)17(19)18-12;1-19-15-10-18-14-9-5-4-7-12(14)11-6-2-3-8-13(11)16(18)17-15;;;;/h1-11,13,15H,14H2;3-8,10-12H,1-2H3;3-8,10-11H,2H2,1H3;2-7,9-10H,1H3;;;;/q4*-1;;;;. The first-order valence-electron chi connectivity index (χ1n) is 27.8. The zero-order valence-electron chi connectivity index (χ0n) is 47.2. The molecule has 4 radical (unpaired) electrons. The van der Waals surface area contributed by atoms with Gasteiger partial charge in [-0.3, -0.25) is 15.0 Å². The summed E-state index contributed by atoms with van der Waals surface area (Å²) in [4.78, 5) is 19.0. The monoisotopic (exact) mass is 1830 g/mol. The average molecular weight is 1830 g/mol. The van der Waals surface area contributed by atoms with Crippen molar-refractivity contribution in [3.8, 4) is 5.88 Å². The van der Waals surface area contributed by atoms with Crippen molar-refractivity contribution in [3.63, 3.8) is 0 Å². The van der Waals surface area contributed by atoms with E-state index in [1.54, 1.807) is 7.11 Å². The Morgan fingerprint density at radius 3 is 1.12 bits per heavy atom. The predicted molar refractivity (Wildman–Crippen MR) is 335 cm³/mol. The molecule has 8 heterocycles. The molecular weight excluding hydrogens is 1770 g/mol. The first-order chi connectivity index (χ1) is 40.4. The number of rotatable bonds is 5. The van der Waals surface area contributed by atoms with Crippen LogP contribution in [0.2, 0.25) is 0 Å². The van der Waals surface area contributed by atoms with Gasteiger partial charge < -0.3 is 22.3 Å². The van der Waals surface area contributed by atoms with E-state index in [1.807, 2.05) is 66.9 Å². The summed E-state index contributed by atoms with van der Waals surface area (Å²) < 4.78 is 13.9. The van der Waals surface area contributed by atoms with Crippen molar-refractivity contribution in [1.29, 1.82) is 0 Å². The number of hydrogen-bond donors (Lipinski definition) is 0. The van der Waals surface area contributed by atoms with E-state index in [1.165, 1.54) is 65.2 Å². The molecule has 0 atom stereocenters. The van der Waals surface area contributed by atoms with Gasteiger partial charge in [-0.05, 0) is 63.7 Å². The van der Waals surface area contributed by atoms with Crippen LogP contribution in [-0.4, -0.2) is 44.6 Å². The number of nitrogens with zero attached hydrogens (tertiary/aromatic N) is 8. The minimum Gasteiger partial charge on any atom is -0.480 e. The predicted octanol–water partition coefficient (Wildman–Crippen LogP) is 17.0. The zero-order valence-corrected chi connectivity index (χ0v) is 56.8. The second-order valence-electron chi connectivity index (χ2n) is 20.8. The number of pyridine rings is 4. The molecule has 0 bridgehead atoms. The summed E-state index contributed by atoms with van der Waals surface area (Å²) in [5, 5.41) is 14.0.